The molecular formula is C14H29N3. The average Bonchev–Trinajstić information content (AvgIpc) is 2.62. The fourth-order valence-corrected chi connectivity index (χ4v) is 3.56. The number of rotatable bonds is 2. The summed E-state index contributed by atoms with van der Waals surface area (Å²) in [5.41, 5.74) is 6.47. The van der Waals surface area contributed by atoms with Gasteiger partial charge in [-0.25, -0.2) is 0 Å². The Morgan fingerprint density at radius 3 is 2.29 bits per heavy atom. The molecule has 2 N–H and O–H groups in total. The predicted molar refractivity (Wildman–Crippen MR) is 73.2 cm³/mol. The van der Waals surface area contributed by atoms with Crippen molar-refractivity contribution in [2.45, 2.75) is 57.0 Å². The van der Waals surface area contributed by atoms with E-state index in [0.717, 1.165) is 6.54 Å². The molecule has 0 aromatic rings. The van der Waals surface area contributed by atoms with Crippen molar-refractivity contribution in [1.29, 1.82) is 0 Å². The topological polar surface area (TPSA) is 32.5 Å². The molecule has 100 valence electrons. The van der Waals surface area contributed by atoms with E-state index in [1.807, 2.05) is 0 Å². The summed E-state index contributed by atoms with van der Waals surface area (Å²) in [4.78, 5) is 5.20. The molecule has 2 fully saturated rings. The van der Waals surface area contributed by atoms with Gasteiger partial charge in [-0.05, 0) is 59.3 Å². The van der Waals surface area contributed by atoms with Gasteiger partial charge in [-0.3, -0.25) is 4.90 Å². The van der Waals surface area contributed by atoms with E-state index in [0.29, 0.717) is 11.6 Å². The average molecular weight is 239 g/mol. The number of nitrogens with zero attached hydrogens (tertiary/aromatic N) is 2. The van der Waals surface area contributed by atoms with E-state index in [1.165, 1.54) is 58.2 Å². The summed E-state index contributed by atoms with van der Waals surface area (Å²) in [6.07, 6.45) is 8.06. The van der Waals surface area contributed by atoms with Crippen molar-refractivity contribution in [2.75, 3.05) is 33.2 Å². The summed E-state index contributed by atoms with van der Waals surface area (Å²) >= 11 is 0. The van der Waals surface area contributed by atoms with Crippen LogP contribution in [0.2, 0.25) is 0 Å². The lowest BCUT2D eigenvalue weighted by molar-refractivity contribution is 0.0124. The van der Waals surface area contributed by atoms with Gasteiger partial charge in [-0.2, -0.15) is 0 Å². The number of hydrogen-bond donors (Lipinski definition) is 1. The maximum atomic E-state index is 6.17. The van der Waals surface area contributed by atoms with Gasteiger partial charge in [0.05, 0.1) is 0 Å². The third-order valence-corrected chi connectivity index (χ3v) is 5.01. The van der Waals surface area contributed by atoms with Crippen LogP contribution in [0.3, 0.4) is 0 Å². The summed E-state index contributed by atoms with van der Waals surface area (Å²) in [5, 5.41) is 0. The highest BCUT2D eigenvalue weighted by Crippen LogP contribution is 2.32. The molecule has 17 heavy (non-hydrogen) atoms. The largest absolute Gasteiger partial charge is 0.329 e. The van der Waals surface area contributed by atoms with Crippen LogP contribution in [0.4, 0.5) is 0 Å². The highest BCUT2D eigenvalue weighted by atomic mass is 15.2. The summed E-state index contributed by atoms with van der Waals surface area (Å²) < 4.78 is 0. The molecule has 2 aliphatic heterocycles. The second-order valence-electron chi connectivity index (χ2n) is 6.11. The van der Waals surface area contributed by atoms with Crippen LogP contribution < -0.4 is 5.73 Å². The van der Waals surface area contributed by atoms with Gasteiger partial charge in [0.2, 0.25) is 0 Å². The van der Waals surface area contributed by atoms with Crippen LogP contribution in [-0.4, -0.2) is 54.6 Å². The SMILES string of the molecule is CC1CC(CN)(N2CCCCCC2)CCN1C. The standard InChI is InChI=1S/C14H29N3/c1-13-11-14(12-15,7-10-16(13)2)17-8-5-3-4-6-9-17/h13H,3-12,15H2,1-2H3. The van der Waals surface area contributed by atoms with Gasteiger partial charge in [0.25, 0.3) is 0 Å². The van der Waals surface area contributed by atoms with Crippen molar-refractivity contribution in [3.8, 4) is 0 Å². The van der Waals surface area contributed by atoms with E-state index in [2.05, 4.69) is 23.8 Å². The Bertz CT molecular complexity index is 236. The van der Waals surface area contributed by atoms with Gasteiger partial charge < -0.3 is 10.6 Å². The maximum absolute atomic E-state index is 6.17. The lowest BCUT2D eigenvalue weighted by atomic mass is 9.82. The Labute approximate surface area is 106 Å². The second kappa shape index (κ2) is 5.68. The van der Waals surface area contributed by atoms with Crippen molar-refractivity contribution < 1.29 is 0 Å². The van der Waals surface area contributed by atoms with Crippen molar-refractivity contribution in [2.24, 2.45) is 5.73 Å². The molecule has 2 saturated heterocycles. The molecule has 0 amide bonds. The molecule has 2 heterocycles. The highest BCUT2D eigenvalue weighted by molar-refractivity contribution is 4.98. The normalized spacial score (nSPS) is 37.9. The van der Waals surface area contributed by atoms with Crippen LogP contribution >= 0.6 is 0 Å². The fraction of sp³-hybridized carbons (Fsp3) is 1.00. The molecule has 2 unspecified atom stereocenters. The Balaban J connectivity index is 2.07. The van der Waals surface area contributed by atoms with Crippen molar-refractivity contribution >= 4 is 0 Å². The number of piperidine rings is 1. The van der Waals surface area contributed by atoms with Crippen molar-refractivity contribution in [3.05, 3.63) is 0 Å². The Hall–Kier alpha value is -0.120. The van der Waals surface area contributed by atoms with Crippen LogP contribution in [0.25, 0.3) is 0 Å². The van der Waals surface area contributed by atoms with E-state index < -0.39 is 0 Å². The zero-order valence-corrected chi connectivity index (χ0v) is 11.6. The van der Waals surface area contributed by atoms with Crippen molar-refractivity contribution in [3.63, 3.8) is 0 Å². The first-order valence-electron chi connectivity index (χ1n) is 7.33. The van der Waals surface area contributed by atoms with Gasteiger partial charge in [-0.1, -0.05) is 12.8 Å². The monoisotopic (exact) mass is 239 g/mol. The smallest absolute Gasteiger partial charge is 0.0358 e. The molecule has 2 aliphatic rings. The molecule has 2 atom stereocenters. The van der Waals surface area contributed by atoms with E-state index in [-0.39, 0.29) is 0 Å². The fourth-order valence-electron chi connectivity index (χ4n) is 3.56. The molecular weight excluding hydrogens is 210 g/mol. The minimum absolute atomic E-state index is 0.302. The van der Waals surface area contributed by atoms with Crippen molar-refractivity contribution in [1.82, 2.24) is 9.80 Å². The van der Waals surface area contributed by atoms with Gasteiger partial charge in [-0.15, -0.1) is 0 Å². The third-order valence-electron chi connectivity index (χ3n) is 5.01. The summed E-state index contributed by atoms with van der Waals surface area (Å²) in [7, 11) is 2.24. The highest BCUT2D eigenvalue weighted by Gasteiger charge is 2.40. The second-order valence-corrected chi connectivity index (χ2v) is 6.11. The Morgan fingerprint density at radius 2 is 1.76 bits per heavy atom. The predicted octanol–water partition coefficient (Wildman–Crippen LogP) is 1.67. The zero-order chi connectivity index (χ0) is 12.3. The van der Waals surface area contributed by atoms with E-state index in [9.17, 15) is 0 Å². The number of nitrogens with two attached hydrogens (primary N) is 1. The van der Waals surface area contributed by atoms with Crippen LogP contribution in [-0.2, 0) is 0 Å². The van der Waals surface area contributed by atoms with Crippen LogP contribution in [0.15, 0.2) is 0 Å². The Morgan fingerprint density at radius 1 is 1.12 bits per heavy atom. The van der Waals surface area contributed by atoms with Crippen LogP contribution in [0, 0.1) is 0 Å². The van der Waals surface area contributed by atoms with Gasteiger partial charge in [0.15, 0.2) is 0 Å². The lowest BCUT2D eigenvalue weighted by Gasteiger charge is -2.50. The molecule has 3 nitrogen and oxygen atoms in total. The first-order chi connectivity index (χ1) is 8.18. The van der Waals surface area contributed by atoms with Gasteiger partial charge in [0, 0.05) is 18.1 Å². The minimum Gasteiger partial charge on any atom is -0.329 e. The summed E-state index contributed by atoms with van der Waals surface area (Å²) in [6, 6.07) is 0.676. The first-order valence-corrected chi connectivity index (χ1v) is 7.33. The van der Waals surface area contributed by atoms with Crippen LogP contribution in [0.5, 0.6) is 0 Å². The summed E-state index contributed by atoms with van der Waals surface area (Å²) in [6.45, 7) is 6.93. The summed E-state index contributed by atoms with van der Waals surface area (Å²) in [5.74, 6) is 0. The number of hydrogen-bond acceptors (Lipinski definition) is 3. The third kappa shape index (κ3) is 2.83. The quantitative estimate of drug-likeness (QED) is 0.796. The van der Waals surface area contributed by atoms with E-state index in [4.69, 9.17) is 5.73 Å². The van der Waals surface area contributed by atoms with E-state index in [1.54, 1.807) is 0 Å². The molecule has 0 bridgehead atoms. The molecule has 0 spiro atoms. The van der Waals surface area contributed by atoms with E-state index >= 15 is 0 Å². The van der Waals surface area contributed by atoms with Gasteiger partial charge >= 0.3 is 0 Å². The van der Waals surface area contributed by atoms with Crippen LogP contribution in [0.1, 0.15) is 45.4 Å². The zero-order valence-electron chi connectivity index (χ0n) is 11.6. The molecule has 2 rings (SSSR count). The Kier molecular flexibility index (Phi) is 4.45. The molecule has 0 aromatic carbocycles. The lowest BCUT2D eigenvalue weighted by Crippen LogP contribution is -2.61. The first kappa shape index (κ1) is 13.3. The number of likely N-dealkylation sites (tertiary alicyclic amines) is 2. The minimum atomic E-state index is 0.302. The molecule has 0 saturated carbocycles. The molecule has 0 aliphatic carbocycles. The van der Waals surface area contributed by atoms with Gasteiger partial charge in [0.1, 0.15) is 0 Å². The molecule has 0 aromatic heterocycles. The molecule has 0 radical (unpaired) electrons. The molecule has 3 heteroatoms. The maximum Gasteiger partial charge on any atom is 0.0358 e.